The highest BCUT2D eigenvalue weighted by atomic mass is 16.3. The monoisotopic (exact) mass is 522 g/mol. The van der Waals surface area contributed by atoms with Crippen LogP contribution in [0.5, 0.6) is 11.5 Å². The second-order valence-corrected chi connectivity index (χ2v) is 15.7. The number of benzene rings is 2. The molecule has 2 aromatic rings. The van der Waals surface area contributed by atoms with Gasteiger partial charge in [0.25, 0.3) is 0 Å². The highest BCUT2D eigenvalue weighted by Gasteiger charge is 2.29. The molecule has 0 spiro atoms. The molecule has 0 atom stereocenters. The molecule has 212 valence electrons. The smallest absolute Gasteiger partial charge is 0.123 e. The van der Waals surface area contributed by atoms with E-state index in [1.54, 1.807) is 0 Å². The van der Waals surface area contributed by atoms with E-state index in [1.165, 1.54) is 11.1 Å². The van der Waals surface area contributed by atoms with Gasteiger partial charge in [0.2, 0.25) is 0 Å². The minimum absolute atomic E-state index is 0.123. The molecule has 2 aromatic carbocycles. The molecule has 0 saturated carbocycles. The van der Waals surface area contributed by atoms with Crippen molar-refractivity contribution in [3.8, 4) is 11.5 Å². The molecule has 1 aliphatic heterocycles. The van der Waals surface area contributed by atoms with Crippen LogP contribution in [0.25, 0.3) is 0 Å². The summed E-state index contributed by atoms with van der Waals surface area (Å²) >= 11 is 0. The number of nitrogens with zero attached hydrogens (tertiary/aromatic N) is 2. The largest absolute Gasteiger partial charge is 0.507 e. The van der Waals surface area contributed by atoms with Gasteiger partial charge in [0.05, 0.1) is 6.67 Å². The lowest BCUT2D eigenvalue weighted by Crippen LogP contribution is -2.44. The second kappa shape index (κ2) is 10.5. The molecule has 0 radical (unpaired) electrons. The zero-order valence-corrected chi connectivity index (χ0v) is 26.3. The summed E-state index contributed by atoms with van der Waals surface area (Å²) in [5.74, 6) is 0.899. The van der Waals surface area contributed by atoms with Gasteiger partial charge in [0, 0.05) is 26.2 Å². The predicted molar refractivity (Wildman–Crippen MR) is 161 cm³/mol. The van der Waals surface area contributed by atoms with Crippen molar-refractivity contribution >= 4 is 0 Å². The number of rotatable bonds is 4. The van der Waals surface area contributed by atoms with Gasteiger partial charge >= 0.3 is 0 Å². The number of aromatic hydroxyl groups is 2. The fraction of sp³-hybridized carbons (Fsp3) is 0.647. The van der Waals surface area contributed by atoms with Crippen LogP contribution in [0.2, 0.25) is 0 Å². The summed E-state index contributed by atoms with van der Waals surface area (Å²) in [6.07, 6.45) is 1.13. The molecule has 0 aromatic heterocycles. The average molecular weight is 523 g/mol. The van der Waals surface area contributed by atoms with E-state index in [1.807, 2.05) is 0 Å². The number of phenols is 2. The lowest BCUT2D eigenvalue weighted by Gasteiger charge is -2.37. The Morgan fingerprint density at radius 1 is 0.526 bits per heavy atom. The lowest BCUT2D eigenvalue weighted by atomic mass is 9.78. The van der Waals surface area contributed by atoms with Gasteiger partial charge in [-0.2, -0.15) is 0 Å². The maximum atomic E-state index is 11.1. The van der Waals surface area contributed by atoms with Crippen molar-refractivity contribution in [2.24, 2.45) is 0 Å². The van der Waals surface area contributed by atoms with E-state index in [0.29, 0.717) is 11.5 Å². The van der Waals surface area contributed by atoms with Crippen LogP contribution in [0.15, 0.2) is 24.3 Å². The first kappa shape index (κ1) is 30.5. The third-order valence-corrected chi connectivity index (χ3v) is 7.73. The van der Waals surface area contributed by atoms with E-state index in [0.717, 1.165) is 61.5 Å². The van der Waals surface area contributed by atoms with Crippen molar-refractivity contribution in [3.05, 3.63) is 57.6 Å². The summed E-state index contributed by atoms with van der Waals surface area (Å²) in [7, 11) is 0. The van der Waals surface area contributed by atoms with Crippen molar-refractivity contribution < 1.29 is 10.2 Å². The molecule has 0 bridgehead atoms. The molecule has 0 aliphatic carbocycles. The normalized spacial score (nSPS) is 16.7. The van der Waals surface area contributed by atoms with Gasteiger partial charge in [0.1, 0.15) is 11.5 Å². The van der Waals surface area contributed by atoms with Crippen LogP contribution >= 0.6 is 0 Å². The second-order valence-electron chi connectivity index (χ2n) is 15.7. The summed E-state index contributed by atoms with van der Waals surface area (Å²) in [6, 6.07) is 8.87. The highest BCUT2D eigenvalue weighted by molar-refractivity contribution is 5.51. The maximum Gasteiger partial charge on any atom is 0.123 e. The fourth-order valence-corrected chi connectivity index (χ4v) is 5.57. The van der Waals surface area contributed by atoms with E-state index >= 15 is 0 Å². The van der Waals surface area contributed by atoms with Gasteiger partial charge in [-0.15, -0.1) is 0 Å². The Bertz CT molecular complexity index is 978. The SMILES string of the molecule is CC(C)(C)c1cc(CN2CCCN(Cc3cc(C(C)(C)C)c(O)c(C(C)(C)C)c3)C2)cc(C(C)(C)C)c1O. The topological polar surface area (TPSA) is 46.9 Å². The van der Waals surface area contributed by atoms with Crippen molar-refractivity contribution in [3.63, 3.8) is 0 Å². The highest BCUT2D eigenvalue weighted by Crippen LogP contribution is 2.41. The van der Waals surface area contributed by atoms with Gasteiger partial charge in [-0.05, 0) is 61.5 Å². The predicted octanol–water partition coefficient (Wildman–Crippen LogP) is 7.95. The van der Waals surface area contributed by atoms with E-state index in [4.69, 9.17) is 0 Å². The van der Waals surface area contributed by atoms with Crippen LogP contribution in [-0.2, 0) is 34.7 Å². The van der Waals surface area contributed by atoms with E-state index in [2.05, 4.69) is 117 Å². The average Bonchev–Trinajstić information content (AvgIpc) is 2.73. The number of hydrogen-bond acceptors (Lipinski definition) is 4. The van der Waals surface area contributed by atoms with E-state index < -0.39 is 0 Å². The number of phenolic OH excluding ortho intramolecular Hbond substituents is 2. The standard InChI is InChI=1S/C34H54N2O2/c1-31(2,3)25-16-23(17-26(29(25)37)32(4,5)6)20-35-14-13-15-36(22-35)21-24-18-27(33(7,8)9)30(38)28(19-24)34(10,11)12/h16-19,37-38H,13-15,20-22H2,1-12H3. The fourth-order valence-electron chi connectivity index (χ4n) is 5.57. The van der Waals surface area contributed by atoms with Gasteiger partial charge in [-0.25, -0.2) is 0 Å². The lowest BCUT2D eigenvalue weighted by molar-refractivity contribution is 0.0744. The van der Waals surface area contributed by atoms with Crippen LogP contribution in [0.1, 0.15) is 123 Å². The Morgan fingerprint density at radius 2 is 0.789 bits per heavy atom. The number of hydrogen-bond donors (Lipinski definition) is 2. The van der Waals surface area contributed by atoms with Gasteiger partial charge in [-0.3, -0.25) is 9.80 Å². The first-order valence-electron chi connectivity index (χ1n) is 14.4. The summed E-state index contributed by atoms with van der Waals surface area (Å²) in [6.45, 7) is 30.9. The molecule has 1 heterocycles. The van der Waals surface area contributed by atoms with Crippen LogP contribution in [0.4, 0.5) is 0 Å². The molecule has 4 heteroatoms. The molecule has 1 fully saturated rings. The van der Waals surface area contributed by atoms with Crippen molar-refractivity contribution in [2.75, 3.05) is 19.8 Å². The molecule has 1 aliphatic rings. The van der Waals surface area contributed by atoms with Gasteiger partial charge < -0.3 is 10.2 Å². The molecule has 1 saturated heterocycles. The first-order valence-corrected chi connectivity index (χ1v) is 14.4. The first-order chi connectivity index (χ1) is 17.2. The van der Waals surface area contributed by atoms with Crippen LogP contribution in [0, 0.1) is 0 Å². The molecule has 2 N–H and O–H groups in total. The Labute approximate surface area is 233 Å². The third kappa shape index (κ3) is 7.12. The molecule has 3 rings (SSSR count). The van der Waals surface area contributed by atoms with Crippen LogP contribution in [0.3, 0.4) is 0 Å². The molecule has 0 unspecified atom stereocenters. The molecular weight excluding hydrogens is 468 g/mol. The Morgan fingerprint density at radius 3 is 1.03 bits per heavy atom. The zero-order chi connectivity index (χ0) is 28.8. The van der Waals surface area contributed by atoms with Crippen molar-refractivity contribution in [1.29, 1.82) is 0 Å². The van der Waals surface area contributed by atoms with Crippen LogP contribution < -0.4 is 0 Å². The minimum Gasteiger partial charge on any atom is -0.507 e. The summed E-state index contributed by atoms with van der Waals surface area (Å²) in [5, 5.41) is 22.3. The minimum atomic E-state index is -0.123. The summed E-state index contributed by atoms with van der Waals surface area (Å²) in [5.41, 5.74) is 6.17. The third-order valence-electron chi connectivity index (χ3n) is 7.73. The molecule has 0 amide bonds. The summed E-state index contributed by atoms with van der Waals surface area (Å²) < 4.78 is 0. The maximum absolute atomic E-state index is 11.1. The van der Waals surface area contributed by atoms with Gasteiger partial charge in [-0.1, -0.05) is 107 Å². The van der Waals surface area contributed by atoms with Crippen molar-refractivity contribution in [2.45, 2.75) is 124 Å². The Kier molecular flexibility index (Phi) is 8.43. The molecular formula is C34H54N2O2. The van der Waals surface area contributed by atoms with Crippen molar-refractivity contribution in [1.82, 2.24) is 9.80 Å². The van der Waals surface area contributed by atoms with Gasteiger partial charge in [0.15, 0.2) is 0 Å². The molecule has 4 nitrogen and oxygen atoms in total. The zero-order valence-electron chi connectivity index (χ0n) is 26.3. The van der Waals surface area contributed by atoms with E-state index in [9.17, 15) is 10.2 Å². The quantitative estimate of drug-likeness (QED) is 0.428. The molecule has 38 heavy (non-hydrogen) atoms. The van der Waals surface area contributed by atoms with Crippen LogP contribution in [-0.4, -0.2) is 39.8 Å². The van der Waals surface area contributed by atoms with E-state index in [-0.39, 0.29) is 21.7 Å². The Balaban J connectivity index is 1.87. The Hall–Kier alpha value is -2.04. The summed E-state index contributed by atoms with van der Waals surface area (Å²) in [4.78, 5) is 5.06.